The Kier molecular flexibility index (Phi) is 4.62. The zero-order valence-electron chi connectivity index (χ0n) is 11.6. The summed E-state index contributed by atoms with van der Waals surface area (Å²) in [5, 5.41) is 4.37. The predicted molar refractivity (Wildman–Crippen MR) is 95.6 cm³/mol. The summed E-state index contributed by atoms with van der Waals surface area (Å²) < 4.78 is 0. The van der Waals surface area contributed by atoms with Gasteiger partial charge in [0.2, 0.25) is 0 Å². The van der Waals surface area contributed by atoms with E-state index in [2.05, 4.69) is 70.5 Å². The average molecular weight is 360 g/mol. The number of benzene rings is 3. The first-order valence-electron chi connectivity index (χ1n) is 7.06. The van der Waals surface area contributed by atoms with Crippen molar-refractivity contribution in [3.63, 3.8) is 0 Å². The topological polar surface area (TPSA) is 0 Å². The molecule has 0 nitrogen and oxygen atoms in total. The summed E-state index contributed by atoms with van der Waals surface area (Å²) in [6.45, 7) is 0. The van der Waals surface area contributed by atoms with Crippen LogP contribution in [-0.2, 0) is 6.42 Å². The number of rotatable bonds is 4. The fourth-order valence-corrected chi connectivity index (χ4v) is 3.56. The molecule has 3 rings (SSSR count). The van der Waals surface area contributed by atoms with Crippen molar-refractivity contribution >= 4 is 38.3 Å². The van der Waals surface area contributed by atoms with Crippen molar-refractivity contribution in [1.29, 1.82) is 0 Å². The van der Waals surface area contributed by atoms with E-state index in [1.54, 1.807) is 0 Å². The van der Waals surface area contributed by atoms with Gasteiger partial charge in [-0.2, -0.15) is 0 Å². The van der Waals surface area contributed by atoms with Gasteiger partial charge >= 0.3 is 0 Å². The summed E-state index contributed by atoms with van der Waals surface area (Å²) in [4.78, 5) is 0. The van der Waals surface area contributed by atoms with E-state index in [9.17, 15) is 0 Å². The van der Waals surface area contributed by atoms with Gasteiger partial charge in [0, 0.05) is 10.4 Å². The first kappa shape index (κ1) is 14.6. The Labute approximate surface area is 138 Å². The van der Waals surface area contributed by atoms with Crippen LogP contribution in [0.15, 0.2) is 66.7 Å². The van der Waals surface area contributed by atoms with Crippen molar-refractivity contribution in [3.8, 4) is 0 Å². The molecule has 0 aliphatic heterocycles. The van der Waals surface area contributed by atoms with Crippen molar-refractivity contribution in [2.24, 2.45) is 0 Å². The van der Waals surface area contributed by atoms with Gasteiger partial charge in [-0.05, 0) is 46.4 Å². The molecule has 0 spiro atoms. The molecule has 21 heavy (non-hydrogen) atoms. The van der Waals surface area contributed by atoms with E-state index in [4.69, 9.17) is 11.6 Å². The molecule has 3 aromatic rings. The summed E-state index contributed by atoms with van der Waals surface area (Å²) in [7, 11) is 0. The van der Waals surface area contributed by atoms with E-state index >= 15 is 0 Å². The third-order valence-corrected chi connectivity index (χ3v) is 4.87. The van der Waals surface area contributed by atoms with Crippen LogP contribution in [0.5, 0.6) is 0 Å². The highest BCUT2D eigenvalue weighted by molar-refractivity contribution is 9.09. The molecule has 3 aromatic carbocycles. The zero-order valence-corrected chi connectivity index (χ0v) is 13.9. The first-order valence-corrected chi connectivity index (χ1v) is 8.56. The highest BCUT2D eigenvalue weighted by Gasteiger charge is 2.13. The Morgan fingerprint density at radius 2 is 1.67 bits per heavy atom. The van der Waals surface area contributed by atoms with E-state index < -0.39 is 0 Å². The van der Waals surface area contributed by atoms with Gasteiger partial charge in [-0.3, -0.25) is 0 Å². The maximum atomic E-state index is 6.13. The van der Waals surface area contributed by atoms with Crippen LogP contribution in [0, 0.1) is 0 Å². The predicted octanol–water partition coefficient (Wildman–Crippen LogP) is 6.21. The van der Waals surface area contributed by atoms with Crippen LogP contribution in [0.1, 0.15) is 17.0 Å². The van der Waals surface area contributed by atoms with Gasteiger partial charge in [0.15, 0.2) is 0 Å². The lowest BCUT2D eigenvalue weighted by molar-refractivity contribution is 0.780. The summed E-state index contributed by atoms with van der Waals surface area (Å²) in [5.41, 5.74) is 2.67. The molecule has 0 aliphatic carbocycles. The lowest BCUT2D eigenvalue weighted by atomic mass is 9.91. The minimum absolute atomic E-state index is 0.425. The Balaban J connectivity index is 1.96. The smallest absolute Gasteiger partial charge is 0.0408 e. The lowest BCUT2D eigenvalue weighted by Crippen LogP contribution is -2.05. The SMILES string of the molecule is Clc1cccc(C(CBr)Cc2cccc3ccccc23)c1. The molecule has 0 aliphatic rings. The Hall–Kier alpha value is -1.31. The van der Waals surface area contributed by atoms with Crippen LogP contribution in [0.2, 0.25) is 5.02 Å². The average Bonchev–Trinajstić information content (AvgIpc) is 2.52. The minimum atomic E-state index is 0.425. The lowest BCUT2D eigenvalue weighted by Gasteiger charge is -2.16. The second-order valence-electron chi connectivity index (χ2n) is 5.25. The summed E-state index contributed by atoms with van der Waals surface area (Å²) in [6, 6.07) is 23.3. The molecule has 0 N–H and O–H groups in total. The first-order chi connectivity index (χ1) is 10.3. The Morgan fingerprint density at radius 1 is 0.905 bits per heavy atom. The highest BCUT2D eigenvalue weighted by atomic mass is 79.9. The number of halogens is 2. The highest BCUT2D eigenvalue weighted by Crippen LogP contribution is 2.28. The summed E-state index contributed by atoms with van der Waals surface area (Å²) in [5.74, 6) is 0.425. The largest absolute Gasteiger partial charge is 0.0921 e. The molecular weight excluding hydrogens is 344 g/mol. The van der Waals surface area contributed by atoms with Crippen molar-refractivity contribution in [1.82, 2.24) is 0 Å². The maximum Gasteiger partial charge on any atom is 0.0408 e. The van der Waals surface area contributed by atoms with Crippen LogP contribution in [-0.4, -0.2) is 5.33 Å². The normalized spacial score (nSPS) is 12.5. The van der Waals surface area contributed by atoms with Gasteiger partial charge < -0.3 is 0 Å². The molecule has 0 fully saturated rings. The number of hydrogen-bond donors (Lipinski definition) is 0. The minimum Gasteiger partial charge on any atom is -0.0921 e. The van der Waals surface area contributed by atoms with Crippen LogP contribution >= 0.6 is 27.5 Å². The van der Waals surface area contributed by atoms with Crippen LogP contribution in [0.4, 0.5) is 0 Å². The van der Waals surface area contributed by atoms with Gasteiger partial charge in [-0.15, -0.1) is 0 Å². The molecule has 106 valence electrons. The molecular formula is C19H16BrCl. The van der Waals surface area contributed by atoms with E-state index in [1.807, 2.05) is 12.1 Å². The van der Waals surface area contributed by atoms with Crippen molar-refractivity contribution < 1.29 is 0 Å². The molecule has 0 amide bonds. The van der Waals surface area contributed by atoms with E-state index in [1.165, 1.54) is 21.9 Å². The molecule has 0 bridgehead atoms. The maximum absolute atomic E-state index is 6.13. The molecule has 0 radical (unpaired) electrons. The van der Waals surface area contributed by atoms with Crippen molar-refractivity contribution in [2.75, 3.05) is 5.33 Å². The quantitative estimate of drug-likeness (QED) is 0.485. The molecule has 0 heterocycles. The zero-order chi connectivity index (χ0) is 14.7. The third kappa shape index (κ3) is 3.30. The van der Waals surface area contributed by atoms with E-state index in [0.29, 0.717) is 5.92 Å². The second kappa shape index (κ2) is 6.64. The van der Waals surface area contributed by atoms with E-state index in [-0.39, 0.29) is 0 Å². The van der Waals surface area contributed by atoms with Crippen LogP contribution in [0.3, 0.4) is 0 Å². The third-order valence-electron chi connectivity index (χ3n) is 3.85. The van der Waals surface area contributed by atoms with Gasteiger partial charge in [0.05, 0.1) is 0 Å². The van der Waals surface area contributed by atoms with E-state index in [0.717, 1.165) is 16.8 Å². The second-order valence-corrected chi connectivity index (χ2v) is 6.33. The fraction of sp³-hybridized carbons (Fsp3) is 0.158. The monoisotopic (exact) mass is 358 g/mol. The number of alkyl halides is 1. The molecule has 0 saturated carbocycles. The van der Waals surface area contributed by atoms with Crippen molar-refractivity contribution in [3.05, 3.63) is 82.9 Å². The van der Waals surface area contributed by atoms with Gasteiger partial charge in [-0.25, -0.2) is 0 Å². The van der Waals surface area contributed by atoms with Crippen molar-refractivity contribution in [2.45, 2.75) is 12.3 Å². The summed E-state index contributed by atoms with van der Waals surface area (Å²) >= 11 is 9.78. The van der Waals surface area contributed by atoms with Crippen LogP contribution in [0.25, 0.3) is 10.8 Å². The Bertz CT molecular complexity index is 746. The molecule has 1 unspecified atom stereocenters. The standard InChI is InChI=1S/C19H16BrCl/c20-13-17(15-7-4-9-18(21)12-15)11-16-8-3-6-14-5-1-2-10-19(14)16/h1-10,12,17H,11,13H2. The van der Waals surface area contributed by atoms with Crippen LogP contribution < -0.4 is 0 Å². The van der Waals surface area contributed by atoms with Gasteiger partial charge in [0.25, 0.3) is 0 Å². The molecule has 0 aromatic heterocycles. The molecule has 2 heteroatoms. The van der Waals surface area contributed by atoms with Gasteiger partial charge in [0.1, 0.15) is 0 Å². The number of fused-ring (bicyclic) bond motifs is 1. The number of hydrogen-bond acceptors (Lipinski definition) is 0. The fourth-order valence-electron chi connectivity index (χ4n) is 2.76. The molecule has 0 saturated heterocycles. The van der Waals surface area contributed by atoms with Gasteiger partial charge in [-0.1, -0.05) is 82.1 Å². The summed E-state index contributed by atoms with van der Waals surface area (Å²) in [6.07, 6.45) is 1.01. The Morgan fingerprint density at radius 3 is 2.48 bits per heavy atom. The molecule has 1 atom stereocenters.